The summed E-state index contributed by atoms with van der Waals surface area (Å²) in [6.07, 6.45) is 11.8. The van der Waals surface area contributed by atoms with E-state index in [1.807, 2.05) is 17.1 Å². The Morgan fingerprint density at radius 1 is 1.33 bits per heavy atom. The molecule has 2 rings (SSSR count). The summed E-state index contributed by atoms with van der Waals surface area (Å²) in [6, 6.07) is 0.536. The zero-order valence-electron chi connectivity index (χ0n) is 9.28. The third kappa shape index (κ3) is 2.30. The Balaban J connectivity index is 2.16. The number of nitrogen functional groups attached to an aromatic ring is 1. The maximum absolute atomic E-state index is 6.08. The molecule has 0 saturated heterocycles. The van der Waals surface area contributed by atoms with Gasteiger partial charge in [-0.3, -0.25) is 0 Å². The van der Waals surface area contributed by atoms with Gasteiger partial charge in [-0.05, 0) is 19.1 Å². The van der Waals surface area contributed by atoms with E-state index >= 15 is 0 Å². The molecule has 1 aliphatic rings. The van der Waals surface area contributed by atoms with Crippen LogP contribution in [-0.4, -0.2) is 16.0 Å². The summed E-state index contributed by atoms with van der Waals surface area (Å²) in [6.45, 7) is 0. The lowest BCUT2D eigenvalue weighted by atomic mass is 10.1. The first-order valence-electron chi connectivity index (χ1n) is 5.70. The number of rotatable bonds is 2. The van der Waals surface area contributed by atoms with Gasteiger partial charge in [0.1, 0.15) is 5.82 Å². The fourth-order valence-corrected chi connectivity index (χ4v) is 2.76. The van der Waals surface area contributed by atoms with Gasteiger partial charge < -0.3 is 5.73 Å². The topological polar surface area (TPSA) is 43.8 Å². The van der Waals surface area contributed by atoms with Gasteiger partial charge >= 0.3 is 0 Å². The van der Waals surface area contributed by atoms with Crippen molar-refractivity contribution in [2.75, 3.05) is 12.0 Å². The lowest BCUT2D eigenvalue weighted by Gasteiger charge is -2.16. The van der Waals surface area contributed by atoms with Crippen LogP contribution in [0.3, 0.4) is 0 Å². The Labute approximate surface area is 95.4 Å². The zero-order valence-corrected chi connectivity index (χ0v) is 10.1. The largest absolute Gasteiger partial charge is 0.383 e. The molecule has 2 N–H and O–H groups in total. The summed E-state index contributed by atoms with van der Waals surface area (Å²) >= 11 is 1.68. The second-order valence-electron chi connectivity index (χ2n) is 4.19. The Morgan fingerprint density at radius 2 is 2.00 bits per heavy atom. The predicted octanol–water partition coefficient (Wildman–Crippen LogP) is 3.08. The lowest BCUT2D eigenvalue weighted by molar-refractivity contribution is 0.410. The Kier molecular flexibility index (Phi) is 3.57. The van der Waals surface area contributed by atoms with E-state index in [0.717, 1.165) is 10.7 Å². The second kappa shape index (κ2) is 4.92. The Hall–Kier alpha value is -0.640. The van der Waals surface area contributed by atoms with Crippen LogP contribution in [0.1, 0.15) is 44.6 Å². The first-order chi connectivity index (χ1) is 7.33. The molecule has 84 valence electrons. The molecule has 0 aliphatic heterocycles. The van der Waals surface area contributed by atoms with E-state index in [1.165, 1.54) is 38.5 Å². The minimum atomic E-state index is 0.536. The average Bonchev–Trinajstić information content (AvgIpc) is 2.49. The zero-order chi connectivity index (χ0) is 10.7. The van der Waals surface area contributed by atoms with Gasteiger partial charge in [0.15, 0.2) is 0 Å². The summed E-state index contributed by atoms with van der Waals surface area (Å²) in [5, 5.41) is 4.42. The summed E-state index contributed by atoms with van der Waals surface area (Å²) in [5.74, 6) is 0.856. The molecule has 1 saturated carbocycles. The normalized spacial score (nSPS) is 19.0. The molecule has 4 heteroatoms. The highest BCUT2D eigenvalue weighted by Crippen LogP contribution is 2.31. The van der Waals surface area contributed by atoms with Gasteiger partial charge in [0.25, 0.3) is 0 Å². The van der Waals surface area contributed by atoms with Crippen LogP contribution in [0.5, 0.6) is 0 Å². The van der Waals surface area contributed by atoms with Gasteiger partial charge in [-0.2, -0.15) is 5.10 Å². The first kappa shape index (κ1) is 10.9. The Morgan fingerprint density at radius 3 is 2.53 bits per heavy atom. The van der Waals surface area contributed by atoms with Crippen molar-refractivity contribution in [1.29, 1.82) is 0 Å². The van der Waals surface area contributed by atoms with Crippen LogP contribution in [0.4, 0.5) is 5.82 Å². The molecule has 1 fully saturated rings. The molecule has 0 unspecified atom stereocenters. The van der Waals surface area contributed by atoms with Gasteiger partial charge in [-0.1, -0.05) is 25.7 Å². The summed E-state index contributed by atoms with van der Waals surface area (Å²) in [5.41, 5.74) is 6.08. The van der Waals surface area contributed by atoms with Crippen LogP contribution in [0.15, 0.2) is 11.1 Å². The maximum atomic E-state index is 6.08. The maximum Gasteiger partial charge on any atom is 0.135 e. The van der Waals surface area contributed by atoms with E-state index in [4.69, 9.17) is 5.73 Å². The van der Waals surface area contributed by atoms with Crippen LogP contribution in [-0.2, 0) is 0 Å². The van der Waals surface area contributed by atoms with E-state index in [1.54, 1.807) is 11.8 Å². The van der Waals surface area contributed by atoms with Gasteiger partial charge in [0.2, 0.25) is 0 Å². The molecular weight excluding hydrogens is 206 g/mol. The summed E-state index contributed by atoms with van der Waals surface area (Å²) in [4.78, 5) is 1.11. The van der Waals surface area contributed by atoms with Crippen molar-refractivity contribution in [3.05, 3.63) is 6.20 Å². The van der Waals surface area contributed by atoms with E-state index in [-0.39, 0.29) is 0 Å². The number of hydrogen-bond acceptors (Lipinski definition) is 3. The number of anilines is 1. The van der Waals surface area contributed by atoms with Crippen LogP contribution < -0.4 is 5.73 Å². The minimum absolute atomic E-state index is 0.536. The van der Waals surface area contributed by atoms with Crippen LogP contribution >= 0.6 is 11.8 Å². The molecule has 0 aromatic carbocycles. The first-order valence-corrected chi connectivity index (χ1v) is 6.92. The van der Waals surface area contributed by atoms with E-state index < -0.39 is 0 Å². The molecular formula is C11H19N3S. The lowest BCUT2D eigenvalue weighted by Crippen LogP contribution is -2.12. The van der Waals surface area contributed by atoms with Crippen LogP contribution in [0.25, 0.3) is 0 Å². The molecule has 15 heavy (non-hydrogen) atoms. The van der Waals surface area contributed by atoms with Crippen molar-refractivity contribution in [2.24, 2.45) is 0 Å². The highest BCUT2D eigenvalue weighted by atomic mass is 32.2. The number of nitrogens with two attached hydrogens (primary N) is 1. The molecule has 0 radical (unpaired) electrons. The number of thioether (sulfide) groups is 1. The molecule has 3 nitrogen and oxygen atoms in total. The molecule has 1 aliphatic carbocycles. The fourth-order valence-electron chi connectivity index (χ4n) is 2.31. The predicted molar refractivity (Wildman–Crippen MR) is 65.2 cm³/mol. The summed E-state index contributed by atoms with van der Waals surface area (Å²) in [7, 11) is 0. The minimum Gasteiger partial charge on any atom is -0.383 e. The molecule has 0 amide bonds. The standard InChI is InChI=1S/C11H19N3S/c1-15-10-8-13-14(11(10)12)9-6-4-2-3-5-7-9/h8-9H,2-7,12H2,1H3. The van der Waals surface area contributed by atoms with Crippen molar-refractivity contribution in [2.45, 2.75) is 49.5 Å². The van der Waals surface area contributed by atoms with Crippen molar-refractivity contribution >= 4 is 17.6 Å². The molecule has 1 heterocycles. The van der Waals surface area contributed by atoms with Crippen molar-refractivity contribution in [3.63, 3.8) is 0 Å². The molecule has 0 atom stereocenters. The number of aromatic nitrogens is 2. The van der Waals surface area contributed by atoms with Gasteiger partial charge in [0, 0.05) is 0 Å². The van der Waals surface area contributed by atoms with Crippen molar-refractivity contribution < 1.29 is 0 Å². The highest BCUT2D eigenvalue weighted by Gasteiger charge is 2.18. The van der Waals surface area contributed by atoms with Crippen LogP contribution in [0.2, 0.25) is 0 Å². The molecule has 1 aromatic heterocycles. The smallest absolute Gasteiger partial charge is 0.135 e. The average molecular weight is 225 g/mol. The third-order valence-corrected chi connectivity index (χ3v) is 3.94. The monoisotopic (exact) mass is 225 g/mol. The fraction of sp³-hybridized carbons (Fsp3) is 0.727. The van der Waals surface area contributed by atoms with E-state index in [0.29, 0.717) is 6.04 Å². The molecule has 0 bridgehead atoms. The van der Waals surface area contributed by atoms with Gasteiger partial charge in [-0.15, -0.1) is 11.8 Å². The molecule has 1 aromatic rings. The van der Waals surface area contributed by atoms with E-state index in [9.17, 15) is 0 Å². The quantitative estimate of drug-likeness (QED) is 0.621. The molecule has 0 spiro atoms. The van der Waals surface area contributed by atoms with Crippen molar-refractivity contribution in [1.82, 2.24) is 9.78 Å². The van der Waals surface area contributed by atoms with Crippen molar-refractivity contribution in [3.8, 4) is 0 Å². The van der Waals surface area contributed by atoms with E-state index in [2.05, 4.69) is 5.10 Å². The van der Waals surface area contributed by atoms with Gasteiger partial charge in [0.05, 0.1) is 17.1 Å². The second-order valence-corrected chi connectivity index (χ2v) is 5.04. The number of nitrogens with zero attached hydrogens (tertiary/aromatic N) is 2. The SMILES string of the molecule is CSc1cnn(C2CCCCCC2)c1N. The summed E-state index contributed by atoms with van der Waals surface area (Å²) < 4.78 is 2.04. The number of hydrogen-bond donors (Lipinski definition) is 1. The van der Waals surface area contributed by atoms with Gasteiger partial charge in [-0.25, -0.2) is 4.68 Å². The van der Waals surface area contributed by atoms with Crippen LogP contribution in [0, 0.1) is 0 Å². The Bertz CT molecular complexity index is 314. The third-order valence-electron chi connectivity index (χ3n) is 3.19. The highest BCUT2D eigenvalue weighted by molar-refractivity contribution is 7.98.